The molecule has 0 spiro atoms. The third-order valence-corrected chi connectivity index (χ3v) is 5.68. The third kappa shape index (κ3) is 4.23. The van der Waals surface area contributed by atoms with Crippen molar-refractivity contribution in [2.75, 3.05) is 35.8 Å². The Balaban J connectivity index is 1.66. The zero-order chi connectivity index (χ0) is 18.7. The average molecular weight is 396 g/mol. The minimum atomic E-state index is -3.75. The van der Waals surface area contributed by atoms with E-state index in [-0.39, 0.29) is 16.6 Å². The van der Waals surface area contributed by atoms with Gasteiger partial charge in [0.25, 0.3) is 10.0 Å². The number of sulfonamides is 1. The first-order chi connectivity index (χ1) is 12.3. The SMILES string of the molecule is CC(=O)N1CCN(c2ccc(NS(=O)(=O)c3ccc(Cl)cc3)nn2)CC1. The van der Waals surface area contributed by atoms with Crippen LogP contribution in [0.1, 0.15) is 6.92 Å². The molecule has 2 heterocycles. The van der Waals surface area contributed by atoms with Gasteiger partial charge in [-0.25, -0.2) is 8.42 Å². The van der Waals surface area contributed by atoms with E-state index in [1.54, 1.807) is 24.0 Å². The van der Waals surface area contributed by atoms with E-state index >= 15 is 0 Å². The first kappa shape index (κ1) is 18.4. The van der Waals surface area contributed by atoms with E-state index in [1.165, 1.54) is 24.3 Å². The monoisotopic (exact) mass is 395 g/mol. The zero-order valence-electron chi connectivity index (χ0n) is 14.1. The number of anilines is 2. The van der Waals surface area contributed by atoms with E-state index in [0.29, 0.717) is 37.0 Å². The van der Waals surface area contributed by atoms with E-state index in [2.05, 4.69) is 14.9 Å². The summed E-state index contributed by atoms with van der Waals surface area (Å²) in [5, 5.41) is 8.49. The molecule has 1 N–H and O–H groups in total. The molecular weight excluding hydrogens is 378 g/mol. The Kier molecular flexibility index (Phi) is 5.28. The van der Waals surface area contributed by atoms with Gasteiger partial charge in [0.15, 0.2) is 11.6 Å². The molecule has 138 valence electrons. The maximum atomic E-state index is 12.3. The predicted molar refractivity (Wildman–Crippen MR) is 98.8 cm³/mol. The van der Waals surface area contributed by atoms with Crippen molar-refractivity contribution in [3.63, 3.8) is 0 Å². The molecule has 0 unspecified atom stereocenters. The van der Waals surface area contributed by atoms with Gasteiger partial charge in [0.1, 0.15) is 0 Å². The molecule has 1 aromatic carbocycles. The molecule has 1 amide bonds. The van der Waals surface area contributed by atoms with Crippen LogP contribution in [-0.2, 0) is 14.8 Å². The fourth-order valence-corrected chi connectivity index (χ4v) is 3.73. The summed E-state index contributed by atoms with van der Waals surface area (Å²) in [6.07, 6.45) is 0. The van der Waals surface area contributed by atoms with E-state index in [4.69, 9.17) is 11.6 Å². The van der Waals surface area contributed by atoms with Crippen LogP contribution in [0.4, 0.5) is 11.6 Å². The van der Waals surface area contributed by atoms with Crippen LogP contribution in [0.3, 0.4) is 0 Å². The second-order valence-corrected chi connectivity index (χ2v) is 7.95. The van der Waals surface area contributed by atoms with Gasteiger partial charge in [-0.2, -0.15) is 0 Å². The third-order valence-electron chi connectivity index (χ3n) is 4.06. The highest BCUT2D eigenvalue weighted by atomic mass is 35.5. The molecule has 0 atom stereocenters. The molecule has 0 saturated carbocycles. The topological polar surface area (TPSA) is 95.5 Å². The molecule has 26 heavy (non-hydrogen) atoms. The number of carbonyl (C=O) groups excluding carboxylic acids is 1. The van der Waals surface area contributed by atoms with Crippen LogP contribution < -0.4 is 9.62 Å². The van der Waals surface area contributed by atoms with Crippen LogP contribution in [0.2, 0.25) is 5.02 Å². The summed E-state index contributed by atoms with van der Waals surface area (Å²) in [7, 11) is -3.75. The lowest BCUT2D eigenvalue weighted by Gasteiger charge is -2.34. The van der Waals surface area contributed by atoms with Crippen LogP contribution >= 0.6 is 11.6 Å². The standard InChI is InChI=1S/C16H18ClN5O3S/c1-12(23)21-8-10-22(11-9-21)16-7-6-15(18-19-16)20-26(24,25)14-4-2-13(17)3-5-14/h2-7H,8-11H2,1H3,(H,18,20). The van der Waals surface area contributed by atoms with Crippen molar-refractivity contribution < 1.29 is 13.2 Å². The number of rotatable bonds is 4. The molecular formula is C16H18ClN5O3S. The van der Waals surface area contributed by atoms with Gasteiger partial charge in [-0.05, 0) is 36.4 Å². The summed E-state index contributed by atoms with van der Waals surface area (Å²) in [5.41, 5.74) is 0. The Morgan fingerprint density at radius 2 is 1.69 bits per heavy atom. The Hall–Kier alpha value is -2.39. The fourth-order valence-electron chi connectivity index (χ4n) is 2.61. The highest BCUT2D eigenvalue weighted by Crippen LogP contribution is 2.19. The molecule has 2 aromatic rings. The highest BCUT2D eigenvalue weighted by Gasteiger charge is 2.20. The maximum absolute atomic E-state index is 12.3. The van der Waals surface area contributed by atoms with Crippen molar-refractivity contribution in [3.05, 3.63) is 41.4 Å². The Morgan fingerprint density at radius 3 is 2.23 bits per heavy atom. The van der Waals surface area contributed by atoms with Gasteiger partial charge in [0.05, 0.1) is 4.90 Å². The second kappa shape index (κ2) is 7.46. The summed E-state index contributed by atoms with van der Waals surface area (Å²) in [5.74, 6) is 0.830. The molecule has 1 saturated heterocycles. The summed E-state index contributed by atoms with van der Waals surface area (Å²) in [6.45, 7) is 4.12. The number of aromatic nitrogens is 2. The van der Waals surface area contributed by atoms with Crippen molar-refractivity contribution in [2.45, 2.75) is 11.8 Å². The number of halogens is 1. The van der Waals surface area contributed by atoms with E-state index in [1.807, 2.05) is 4.90 Å². The first-order valence-electron chi connectivity index (χ1n) is 7.98. The fraction of sp³-hybridized carbons (Fsp3) is 0.312. The summed E-state index contributed by atoms with van der Waals surface area (Å²) < 4.78 is 27.0. The molecule has 3 rings (SSSR count). The Labute approximate surface area is 156 Å². The summed E-state index contributed by atoms with van der Waals surface area (Å²) >= 11 is 5.78. The van der Waals surface area contributed by atoms with E-state index in [9.17, 15) is 13.2 Å². The van der Waals surface area contributed by atoms with Gasteiger partial charge < -0.3 is 9.80 Å². The molecule has 10 heteroatoms. The van der Waals surface area contributed by atoms with Gasteiger partial charge in [0, 0.05) is 38.1 Å². The molecule has 1 aromatic heterocycles. The minimum absolute atomic E-state index is 0.0580. The Bertz CT molecular complexity index is 879. The van der Waals surface area contributed by atoms with E-state index < -0.39 is 10.0 Å². The number of amides is 1. The summed E-state index contributed by atoms with van der Waals surface area (Å²) in [6, 6.07) is 9.11. The summed E-state index contributed by atoms with van der Waals surface area (Å²) in [4.78, 5) is 15.2. The highest BCUT2D eigenvalue weighted by molar-refractivity contribution is 7.92. The van der Waals surface area contributed by atoms with Crippen LogP contribution in [0, 0.1) is 0 Å². The van der Waals surface area contributed by atoms with Gasteiger partial charge in [-0.15, -0.1) is 10.2 Å². The number of hydrogen-bond acceptors (Lipinski definition) is 6. The molecule has 0 radical (unpaired) electrons. The maximum Gasteiger partial charge on any atom is 0.263 e. The number of nitrogens with one attached hydrogen (secondary N) is 1. The minimum Gasteiger partial charge on any atom is -0.352 e. The quantitative estimate of drug-likeness (QED) is 0.844. The molecule has 1 fully saturated rings. The van der Waals surface area contributed by atoms with Crippen LogP contribution in [-0.4, -0.2) is 55.6 Å². The first-order valence-corrected chi connectivity index (χ1v) is 9.84. The van der Waals surface area contributed by atoms with E-state index in [0.717, 1.165) is 0 Å². The molecule has 1 aliphatic heterocycles. The lowest BCUT2D eigenvalue weighted by Crippen LogP contribution is -2.48. The number of carbonyl (C=O) groups is 1. The van der Waals surface area contributed by atoms with Crippen LogP contribution in [0.15, 0.2) is 41.3 Å². The number of piperazine rings is 1. The number of hydrogen-bond donors (Lipinski definition) is 1. The van der Waals surface area contributed by atoms with Gasteiger partial charge in [-0.3, -0.25) is 9.52 Å². The average Bonchev–Trinajstić information content (AvgIpc) is 2.62. The second-order valence-electron chi connectivity index (χ2n) is 5.83. The molecule has 1 aliphatic rings. The van der Waals surface area contributed by atoms with Crippen molar-refractivity contribution in [1.82, 2.24) is 15.1 Å². The zero-order valence-corrected chi connectivity index (χ0v) is 15.7. The predicted octanol–water partition coefficient (Wildman–Crippen LogP) is 1.60. The van der Waals surface area contributed by atoms with Gasteiger partial charge in [0.2, 0.25) is 5.91 Å². The smallest absolute Gasteiger partial charge is 0.263 e. The van der Waals surface area contributed by atoms with Crippen LogP contribution in [0.5, 0.6) is 0 Å². The van der Waals surface area contributed by atoms with Crippen molar-refractivity contribution in [3.8, 4) is 0 Å². The van der Waals surface area contributed by atoms with Gasteiger partial charge in [-0.1, -0.05) is 11.6 Å². The van der Waals surface area contributed by atoms with Crippen molar-refractivity contribution in [2.24, 2.45) is 0 Å². The number of nitrogens with zero attached hydrogens (tertiary/aromatic N) is 4. The Morgan fingerprint density at radius 1 is 1.04 bits per heavy atom. The molecule has 0 bridgehead atoms. The van der Waals surface area contributed by atoms with Crippen LogP contribution in [0.25, 0.3) is 0 Å². The van der Waals surface area contributed by atoms with Crippen molar-refractivity contribution >= 4 is 39.2 Å². The number of benzene rings is 1. The molecule has 8 nitrogen and oxygen atoms in total. The largest absolute Gasteiger partial charge is 0.352 e. The molecule has 0 aliphatic carbocycles. The lowest BCUT2D eigenvalue weighted by molar-refractivity contribution is -0.129. The normalized spacial score (nSPS) is 15.0. The van der Waals surface area contributed by atoms with Gasteiger partial charge >= 0.3 is 0 Å². The lowest BCUT2D eigenvalue weighted by atomic mass is 10.3. The van der Waals surface area contributed by atoms with Crippen molar-refractivity contribution in [1.29, 1.82) is 0 Å².